The molecule has 0 saturated carbocycles. The predicted molar refractivity (Wildman–Crippen MR) is 91.3 cm³/mol. The van der Waals surface area contributed by atoms with Crippen LogP contribution in [-0.2, 0) is 11.2 Å². The van der Waals surface area contributed by atoms with Crippen molar-refractivity contribution in [3.63, 3.8) is 0 Å². The van der Waals surface area contributed by atoms with E-state index >= 15 is 0 Å². The standard InChI is InChI=1S/C19H22N2O2/c22-20-19(17-6-2-1-3-7-17)18-8-4-5-16(15-18)9-10-21-11-13-23-14-12-21/h1-8,15,22H,9-14H2/b20-19-. The Morgan fingerprint density at radius 3 is 2.48 bits per heavy atom. The molecule has 0 atom stereocenters. The summed E-state index contributed by atoms with van der Waals surface area (Å²) in [5.41, 5.74) is 3.73. The minimum Gasteiger partial charge on any atom is -0.410 e. The molecule has 0 aromatic heterocycles. The molecule has 1 N–H and O–H groups in total. The lowest BCUT2D eigenvalue weighted by molar-refractivity contribution is 0.0384. The zero-order valence-electron chi connectivity index (χ0n) is 13.2. The summed E-state index contributed by atoms with van der Waals surface area (Å²) in [6.07, 6.45) is 0.987. The lowest BCUT2D eigenvalue weighted by Crippen LogP contribution is -2.37. The normalized spacial score (nSPS) is 16.4. The van der Waals surface area contributed by atoms with Crippen molar-refractivity contribution in [2.75, 3.05) is 32.8 Å². The van der Waals surface area contributed by atoms with Gasteiger partial charge in [-0.05, 0) is 18.1 Å². The molecule has 4 heteroatoms. The Morgan fingerprint density at radius 1 is 1.00 bits per heavy atom. The summed E-state index contributed by atoms with van der Waals surface area (Å²) in [7, 11) is 0. The highest BCUT2D eigenvalue weighted by Gasteiger charge is 2.11. The van der Waals surface area contributed by atoms with Gasteiger partial charge in [0.05, 0.1) is 13.2 Å². The number of rotatable bonds is 5. The molecule has 1 saturated heterocycles. The van der Waals surface area contributed by atoms with E-state index in [4.69, 9.17) is 4.74 Å². The molecule has 0 radical (unpaired) electrons. The van der Waals surface area contributed by atoms with Gasteiger partial charge in [-0.15, -0.1) is 0 Å². The molecular weight excluding hydrogens is 288 g/mol. The predicted octanol–water partition coefficient (Wildman–Crippen LogP) is 2.79. The summed E-state index contributed by atoms with van der Waals surface area (Å²) in [5, 5.41) is 12.9. The molecule has 0 unspecified atom stereocenters. The Kier molecular flexibility index (Phi) is 5.40. The number of hydrogen-bond donors (Lipinski definition) is 1. The van der Waals surface area contributed by atoms with Gasteiger partial charge in [0.1, 0.15) is 5.71 Å². The van der Waals surface area contributed by atoms with Gasteiger partial charge < -0.3 is 9.94 Å². The molecule has 1 heterocycles. The van der Waals surface area contributed by atoms with Gasteiger partial charge >= 0.3 is 0 Å². The van der Waals surface area contributed by atoms with Crippen LogP contribution in [0.1, 0.15) is 16.7 Å². The second kappa shape index (κ2) is 7.90. The van der Waals surface area contributed by atoms with Crippen LogP contribution in [0.3, 0.4) is 0 Å². The average Bonchev–Trinajstić information content (AvgIpc) is 2.63. The van der Waals surface area contributed by atoms with Gasteiger partial charge in [0.25, 0.3) is 0 Å². The second-order valence-corrected chi connectivity index (χ2v) is 5.72. The lowest BCUT2D eigenvalue weighted by Gasteiger charge is -2.26. The van der Waals surface area contributed by atoms with Crippen molar-refractivity contribution in [1.82, 2.24) is 4.90 Å². The molecule has 0 spiro atoms. The average molecular weight is 310 g/mol. The van der Waals surface area contributed by atoms with Crippen LogP contribution in [0.5, 0.6) is 0 Å². The maximum atomic E-state index is 9.42. The molecule has 4 nitrogen and oxygen atoms in total. The van der Waals surface area contributed by atoms with Crippen LogP contribution in [-0.4, -0.2) is 48.7 Å². The fraction of sp³-hybridized carbons (Fsp3) is 0.316. The minimum atomic E-state index is 0.610. The highest BCUT2D eigenvalue weighted by atomic mass is 16.5. The van der Waals surface area contributed by atoms with Crippen molar-refractivity contribution in [1.29, 1.82) is 0 Å². The topological polar surface area (TPSA) is 45.1 Å². The zero-order valence-corrected chi connectivity index (χ0v) is 13.2. The first kappa shape index (κ1) is 15.7. The Hall–Kier alpha value is -2.17. The fourth-order valence-corrected chi connectivity index (χ4v) is 2.86. The van der Waals surface area contributed by atoms with Gasteiger partial charge in [-0.3, -0.25) is 4.90 Å². The van der Waals surface area contributed by atoms with Gasteiger partial charge in [0, 0.05) is 30.8 Å². The van der Waals surface area contributed by atoms with Gasteiger partial charge in [-0.2, -0.15) is 0 Å². The van der Waals surface area contributed by atoms with E-state index in [-0.39, 0.29) is 0 Å². The van der Waals surface area contributed by atoms with Crippen LogP contribution >= 0.6 is 0 Å². The molecule has 2 aromatic rings. The smallest absolute Gasteiger partial charge is 0.117 e. The van der Waals surface area contributed by atoms with Crippen molar-refractivity contribution in [2.24, 2.45) is 5.16 Å². The third-order valence-corrected chi connectivity index (χ3v) is 4.17. The van der Waals surface area contributed by atoms with Gasteiger partial charge in [0.2, 0.25) is 0 Å². The van der Waals surface area contributed by atoms with Gasteiger partial charge in [0.15, 0.2) is 0 Å². The van der Waals surface area contributed by atoms with E-state index < -0.39 is 0 Å². The van der Waals surface area contributed by atoms with E-state index in [1.165, 1.54) is 5.56 Å². The number of ether oxygens (including phenoxy) is 1. The van der Waals surface area contributed by atoms with Crippen molar-refractivity contribution in [3.8, 4) is 0 Å². The summed E-state index contributed by atoms with van der Waals surface area (Å²) in [6, 6.07) is 18.0. The summed E-state index contributed by atoms with van der Waals surface area (Å²) < 4.78 is 5.38. The summed E-state index contributed by atoms with van der Waals surface area (Å²) in [5.74, 6) is 0. The van der Waals surface area contributed by atoms with Crippen molar-refractivity contribution < 1.29 is 9.94 Å². The lowest BCUT2D eigenvalue weighted by atomic mass is 9.99. The monoisotopic (exact) mass is 310 g/mol. The number of benzene rings is 2. The van der Waals surface area contributed by atoms with E-state index in [9.17, 15) is 5.21 Å². The number of hydrogen-bond acceptors (Lipinski definition) is 4. The van der Waals surface area contributed by atoms with Crippen LogP contribution in [0, 0.1) is 0 Å². The molecule has 1 fully saturated rings. The third-order valence-electron chi connectivity index (χ3n) is 4.17. The Balaban J connectivity index is 1.71. The second-order valence-electron chi connectivity index (χ2n) is 5.72. The first-order valence-corrected chi connectivity index (χ1v) is 8.04. The van der Waals surface area contributed by atoms with Crippen molar-refractivity contribution in [2.45, 2.75) is 6.42 Å². The molecule has 120 valence electrons. The van der Waals surface area contributed by atoms with Crippen LogP contribution in [0.4, 0.5) is 0 Å². The summed E-state index contributed by atoms with van der Waals surface area (Å²) in [6.45, 7) is 4.70. The van der Waals surface area contributed by atoms with E-state index in [1.807, 2.05) is 42.5 Å². The van der Waals surface area contributed by atoms with Crippen molar-refractivity contribution >= 4 is 5.71 Å². The van der Waals surface area contributed by atoms with Gasteiger partial charge in [-0.25, -0.2) is 0 Å². The number of oxime groups is 1. The highest BCUT2D eigenvalue weighted by Crippen LogP contribution is 2.14. The Labute approximate surface area is 137 Å². The maximum absolute atomic E-state index is 9.42. The molecule has 0 amide bonds. The maximum Gasteiger partial charge on any atom is 0.117 e. The first-order chi connectivity index (χ1) is 11.4. The van der Waals surface area contributed by atoms with E-state index in [0.29, 0.717) is 5.71 Å². The molecule has 23 heavy (non-hydrogen) atoms. The number of morpholine rings is 1. The highest BCUT2D eigenvalue weighted by molar-refractivity contribution is 6.12. The number of nitrogens with zero attached hydrogens (tertiary/aromatic N) is 2. The van der Waals surface area contributed by atoms with E-state index in [1.54, 1.807) is 0 Å². The molecule has 1 aliphatic heterocycles. The zero-order chi connectivity index (χ0) is 15.9. The SMILES string of the molecule is O/N=C(/c1ccccc1)c1cccc(CCN2CCOCC2)c1. The van der Waals surface area contributed by atoms with Crippen LogP contribution in [0.15, 0.2) is 59.8 Å². The van der Waals surface area contributed by atoms with E-state index in [0.717, 1.165) is 50.4 Å². The van der Waals surface area contributed by atoms with E-state index in [2.05, 4.69) is 22.2 Å². The molecule has 0 bridgehead atoms. The molecular formula is C19H22N2O2. The molecule has 1 aliphatic rings. The van der Waals surface area contributed by atoms with Crippen LogP contribution in [0.2, 0.25) is 0 Å². The molecule has 3 rings (SSSR count). The van der Waals surface area contributed by atoms with Crippen molar-refractivity contribution in [3.05, 3.63) is 71.3 Å². The quantitative estimate of drug-likeness (QED) is 0.525. The minimum absolute atomic E-state index is 0.610. The summed E-state index contributed by atoms with van der Waals surface area (Å²) >= 11 is 0. The largest absolute Gasteiger partial charge is 0.410 e. The van der Waals surface area contributed by atoms with Crippen LogP contribution in [0.25, 0.3) is 0 Å². The molecule has 2 aromatic carbocycles. The summed E-state index contributed by atoms with van der Waals surface area (Å²) in [4.78, 5) is 2.43. The Bertz CT molecular complexity index is 649. The van der Waals surface area contributed by atoms with Gasteiger partial charge in [-0.1, -0.05) is 53.7 Å². The van der Waals surface area contributed by atoms with Crippen LogP contribution < -0.4 is 0 Å². The Morgan fingerprint density at radius 2 is 1.74 bits per heavy atom. The molecule has 0 aliphatic carbocycles. The fourth-order valence-electron chi connectivity index (χ4n) is 2.86. The third kappa shape index (κ3) is 4.18. The first-order valence-electron chi connectivity index (χ1n) is 8.04.